The van der Waals surface area contributed by atoms with Crippen molar-refractivity contribution in [1.82, 2.24) is 0 Å². The maximum Gasteiger partial charge on any atom is 0.163 e. The molecule has 0 aliphatic carbocycles. The molecule has 1 aromatic carbocycles. The van der Waals surface area contributed by atoms with E-state index in [1.54, 1.807) is 0 Å². The number of hydrogen-bond acceptors (Lipinski definition) is 4. The monoisotopic (exact) mass is 290 g/mol. The van der Waals surface area contributed by atoms with Crippen LogP contribution in [-0.2, 0) is 19.0 Å². The molecule has 0 saturated carbocycles. The summed E-state index contributed by atoms with van der Waals surface area (Å²) < 4.78 is 17.8. The maximum atomic E-state index is 11.5. The van der Waals surface area contributed by atoms with E-state index in [9.17, 15) is 4.79 Å². The van der Waals surface area contributed by atoms with Crippen LogP contribution >= 0.6 is 0 Å². The van der Waals surface area contributed by atoms with E-state index in [4.69, 9.17) is 14.2 Å². The second-order valence-corrected chi connectivity index (χ2v) is 6.37. The lowest BCUT2D eigenvalue weighted by atomic mass is 9.85. The average Bonchev–Trinajstić information content (AvgIpc) is 2.99. The first-order valence-electron chi connectivity index (χ1n) is 7.49. The Morgan fingerprint density at radius 1 is 1.24 bits per heavy atom. The predicted molar refractivity (Wildman–Crippen MR) is 77.7 cm³/mol. The van der Waals surface area contributed by atoms with Gasteiger partial charge in [0.05, 0.1) is 24.7 Å². The summed E-state index contributed by atoms with van der Waals surface area (Å²) in [6, 6.07) is 9.91. The van der Waals surface area contributed by atoms with Gasteiger partial charge in [-0.2, -0.15) is 0 Å². The van der Waals surface area contributed by atoms with Crippen molar-refractivity contribution in [3.8, 4) is 0 Å². The van der Waals surface area contributed by atoms with Crippen LogP contribution in [0.2, 0.25) is 0 Å². The van der Waals surface area contributed by atoms with Gasteiger partial charge in [-0.3, -0.25) is 0 Å². The van der Waals surface area contributed by atoms with Crippen LogP contribution in [0, 0.1) is 11.8 Å². The van der Waals surface area contributed by atoms with E-state index >= 15 is 0 Å². The minimum absolute atomic E-state index is 0.107. The molecule has 3 rings (SSSR count). The summed E-state index contributed by atoms with van der Waals surface area (Å²) >= 11 is 0. The van der Waals surface area contributed by atoms with Crippen molar-refractivity contribution in [2.75, 3.05) is 6.61 Å². The van der Waals surface area contributed by atoms with Gasteiger partial charge in [0.1, 0.15) is 12.4 Å². The Kier molecular flexibility index (Phi) is 3.86. The van der Waals surface area contributed by atoms with Crippen molar-refractivity contribution in [3.05, 3.63) is 35.9 Å². The third-order valence-electron chi connectivity index (χ3n) is 4.46. The zero-order valence-electron chi connectivity index (χ0n) is 12.7. The minimum atomic E-state index is -0.574. The summed E-state index contributed by atoms with van der Waals surface area (Å²) in [7, 11) is 0. The normalized spacial score (nSPS) is 38.5. The highest BCUT2D eigenvalue weighted by molar-refractivity contribution is 5.57. The molecule has 0 N–H and O–H groups in total. The van der Waals surface area contributed by atoms with Crippen LogP contribution in [0.1, 0.15) is 32.4 Å². The fourth-order valence-electron chi connectivity index (χ4n) is 3.32. The Balaban J connectivity index is 1.81. The molecule has 2 fully saturated rings. The molecule has 114 valence electrons. The van der Waals surface area contributed by atoms with Gasteiger partial charge in [0.2, 0.25) is 0 Å². The van der Waals surface area contributed by atoms with Crippen LogP contribution in [0.25, 0.3) is 0 Å². The van der Waals surface area contributed by atoms with Crippen LogP contribution in [0.4, 0.5) is 0 Å². The van der Waals surface area contributed by atoms with E-state index in [-0.39, 0.29) is 30.1 Å². The Hall–Kier alpha value is -1.23. The number of aldehydes is 1. The van der Waals surface area contributed by atoms with E-state index in [1.165, 1.54) is 0 Å². The molecule has 2 aliphatic heterocycles. The van der Waals surface area contributed by atoms with Gasteiger partial charge in [-0.05, 0) is 25.3 Å². The molecule has 0 bridgehead atoms. The molecule has 0 unspecified atom stereocenters. The van der Waals surface area contributed by atoms with E-state index in [2.05, 4.69) is 6.92 Å². The fourth-order valence-corrected chi connectivity index (χ4v) is 3.32. The average molecular weight is 290 g/mol. The molecule has 0 amide bonds. The van der Waals surface area contributed by atoms with Crippen molar-refractivity contribution < 1.29 is 19.0 Å². The zero-order chi connectivity index (χ0) is 15.0. The summed E-state index contributed by atoms with van der Waals surface area (Å²) in [6.07, 6.45) is 0.581. The molecular weight excluding hydrogens is 268 g/mol. The Labute approximate surface area is 125 Å². The lowest BCUT2D eigenvalue weighted by Gasteiger charge is -2.23. The third-order valence-corrected chi connectivity index (χ3v) is 4.46. The summed E-state index contributed by atoms with van der Waals surface area (Å²) in [5.74, 6) is -0.616. The number of benzene rings is 1. The van der Waals surface area contributed by atoms with Crippen molar-refractivity contribution in [2.24, 2.45) is 11.8 Å². The SMILES string of the molecule is C[C@H]1[C@H](C=O)[C@H](c2ccccc2)O[C@@H]1[C@H]1COC(C)(C)O1. The second kappa shape index (κ2) is 5.52. The van der Waals surface area contributed by atoms with Gasteiger partial charge >= 0.3 is 0 Å². The van der Waals surface area contributed by atoms with E-state index in [1.807, 2.05) is 44.2 Å². The first kappa shape index (κ1) is 14.7. The fraction of sp³-hybridized carbons (Fsp3) is 0.588. The first-order valence-corrected chi connectivity index (χ1v) is 7.49. The number of carbonyl (C=O) groups is 1. The lowest BCUT2D eigenvalue weighted by molar-refractivity contribution is -0.157. The van der Waals surface area contributed by atoms with E-state index in [0.29, 0.717) is 6.61 Å². The third kappa shape index (κ3) is 2.76. The smallest absolute Gasteiger partial charge is 0.163 e. The molecule has 0 spiro atoms. The maximum absolute atomic E-state index is 11.5. The predicted octanol–water partition coefficient (Wildman–Crippen LogP) is 2.73. The van der Waals surface area contributed by atoms with Gasteiger partial charge in [-0.25, -0.2) is 0 Å². The topological polar surface area (TPSA) is 44.8 Å². The second-order valence-electron chi connectivity index (χ2n) is 6.37. The van der Waals surface area contributed by atoms with Crippen molar-refractivity contribution in [2.45, 2.75) is 44.9 Å². The molecule has 2 aliphatic rings. The van der Waals surface area contributed by atoms with Gasteiger partial charge in [-0.15, -0.1) is 0 Å². The van der Waals surface area contributed by atoms with Crippen LogP contribution in [0.5, 0.6) is 0 Å². The lowest BCUT2D eigenvalue weighted by Crippen LogP contribution is -2.34. The van der Waals surface area contributed by atoms with Crippen molar-refractivity contribution in [1.29, 1.82) is 0 Å². The number of rotatable bonds is 3. The van der Waals surface area contributed by atoms with Crippen LogP contribution in [0.3, 0.4) is 0 Å². The first-order chi connectivity index (χ1) is 10.0. The quantitative estimate of drug-likeness (QED) is 0.803. The number of hydrogen-bond donors (Lipinski definition) is 0. The summed E-state index contributed by atoms with van der Waals surface area (Å²) in [5, 5.41) is 0. The van der Waals surface area contributed by atoms with Gasteiger partial charge in [0, 0.05) is 0 Å². The van der Waals surface area contributed by atoms with Gasteiger partial charge in [0.15, 0.2) is 5.79 Å². The highest BCUT2D eigenvalue weighted by Crippen LogP contribution is 2.44. The van der Waals surface area contributed by atoms with Gasteiger partial charge < -0.3 is 19.0 Å². The van der Waals surface area contributed by atoms with Gasteiger partial charge in [-0.1, -0.05) is 37.3 Å². The summed E-state index contributed by atoms with van der Waals surface area (Å²) in [6.45, 7) is 6.37. The van der Waals surface area contributed by atoms with Gasteiger partial charge in [0.25, 0.3) is 0 Å². The van der Waals surface area contributed by atoms with Crippen LogP contribution < -0.4 is 0 Å². The van der Waals surface area contributed by atoms with Crippen LogP contribution in [0.15, 0.2) is 30.3 Å². The Bertz CT molecular complexity index is 499. The largest absolute Gasteiger partial charge is 0.366 e. The highest BCUT2D eigenvalue weighted by Gasteiger charge is 2.49. The number of ether oxygens (including phenoxy) is 3. The molecule has 21 heavy (non-hydrogen) atoms. The molecule has 1 aromatic rings. The molecular formula is C17H22O4. The molecule has 2 heterocycles. The molecule has 0 aromatic heterocycles. The highest BCUT2D eigenvalue weighted by atomic mass is 16.7. The molecule has 5 atom stereocenters. The molecule has 0 radical (unpaired) electrons. The minimum Gasteiger partial charge on any atom is -0.366 e. The molecule has 4 heteroatoms. The number of carbonyl (C=O) groups excluding carboxylic acids is 1. The Morgan fingerprint density at radius 2 is 1.95 bits per heavy atom. The summed E-state index contributed by atoms with van der Waals surface area (Å²) in [4.78, 5) is 11.5. The standard InChI is InChI=1S/C17H22O4/c1-11-13(9-18)16(12-7-5-4-6-8-12)20-15(11)14-10-19-17(2,3)21-14/h4-9,11,13-16H,10H2,1-3H3/t11-,13-,14+,15-,16-/m0/s1. The van der Waals surface area contributed by atoms with Crippen molar-refractivity contribution >= 4 is 6.29 Å². The van der Waals surface area contributed by atoms with Crippen molar-refractivity contribution in [3.63, 3.8) is 0 Å². The van der Waals surface area contributed by atoms with E-state index in [0.717, 1.165) is 11.8 Å². The van der Waals surface area contributed by atoms with Crippen LogP contribution in [-0.4, -0.2) is 30.9 Å². The Morgan fingerprint density at radius 3 is 2.52 bits per heavy atom. The molecule has 2 saturated heterocycles. The summed E-state index contributed by atoms with van der Waals surface area (Å²) in [5.41, 5.74) is 1.04. The van der Waals surface area contributed by atoms with E-state index < -0.39 is 5.79 Å². The molecule has 4 nitrogen and oxygen atoms in total. The zero-order valence-corrected chi connectivity index (χ0v) is 12.7.